The molecule has 1 N–H and O–H groups in total. The van der Waals surface area contributed by atoms with E-state index in [4.69, 9.17) is 20.9 Å². The third-order valence-corrected chi connectivity index (χ3v) is 5.27. The van der Waals surface area contributed by atoms with Crippen molar-refractivity contribution in [3.05, 3.63) is 53.3 Å². The van der Waals surface area contributed by atoms with Crippen LogP contribution in [0.3, 0.4) is 0 Å². The summed E-state index contributed by atoms with van der Waals surface area (Å²) in [5, 5.41) is 12.8. The summed E-state index contributed by atoms with van der Waals surface area (Å²) >= 11 is 6.12. The quantitative estimate of drug-likeness (QED) is 0.550. The Kier molecular flexibility index (Phi) is 4.21. The van der Waals surface area contributed by atoms with Gasteiger partial charge in [0.05, 0.1) is 18.3 Å². The van der Waals surface area contributed by atoms with Crippen LogP contribution in [0.1, 0.15) is 18.2 Å². The van der Waals surface area contributed by atoms with Crippen LogP contribution in [0.15, 0.2) is 47.0 Å². The summed E-state index contributed by atoms with van der Waals surface area (Å²) in [6.45, 7) is 0.413. The maximum Gasteiger partial charge on any atom is 0.279 e. The number of carbonyl (C=O) groups is 1. The molecule has 2 aromatic heterocycles. The first-order valence-electron chi connectivity index (χ1n) is 9.05. The zero-order valence-corrected chi connectivity index (χ0v) is 16.2. The number of anilines is 1. The van der Waals surface area contributed by atoms with Crippen LogP contribution in [0, 0.1) is 0 Å². The standard InChI is InChI=1S/C20H16ClN5O3/c1-28-16-7-6-12(21)9-15(16)26-10-11(8-17(26)27)19-22-20(29-25-19)18-13-4-2-3-5-14(13)23-24-18/h2-7,9,11H,8,10H2,1H3,(H,23,24). The summed E-state index contributed by atoms with van der Waals surface area (Å²) in [6.07, 6.45) is 0.274. The van der Waals surface area contributed by atoms with Crippen molar-refractivity contribution < 1.29 is 14.1 Å². The van der Waals surface area contributed by atoms with Crippen LogP contribution in [0.25, 0.3) is 22.5 Å². The van der Waals surface area contributed by atoms with E-state index in [1.54, 1.807) is 30.2 Å². The molecule has 1 amide bonds. The molecular formula is C20H16ClN5O3. The lowest BCUT2D eigenvalue weighted by atomic mass is 10.1. The van der Waals surface area contributed by atoms with Gasteiger partial charge >= 0.3 is 0 Å². The molecule has 0 saturated carbocycles. The van der Waals surface area contributed by atoms with E-state index in [1.165, 1.54) is 0 Å². The van der Waals surface area contributed by atoms with Crippen LogP contribution < -0.4 is 9.64 Å². The Morgan fingerprint density at radius 2 is 2.14 bits per heavy atom. The Labute approximate surface area is 170 Å². The summed E-state index contributed by atoms with van der Waals surface area (Å²) in [4.78, 5) is 18.8. The van der Waals surface area contributed by atoms with E-state index >= 15 is 0 Å². The zero-order chi connectivity index (χ0) is 20.0. The van der Waals surface area contributed by atoms with Gasteiger partial charge in [0, 0.05) is 29.3 Å². The number of hydrogen-bond donors (Lipinski definition) is 1. The van der Waals surface area contributed by atoms with Crippen LogP contribution in [0.5, 0.6) is 5.75 Å². The number of aromatic nitrogens is 4. The number of nitrogens with zero attached hydrogens (tertiary/aromatic N) is 4. The van der Waals surface area contributed by atoms with Crippen molar-refractivity contribution in [3.63, 3.8) is 0 Å². The lowest BCUT2D eigenvalue weighted by molar-refractivity contribution is -0.117. The van der Waals surface area contributed by atoms with Gasteiger partial charge in [-0.3, -0.25) is 9.89 Å². The minimum atomic E-state index is -0.200. The fourth-order valence-corrected chi connectivity index (χ4v) is 3.78. The molecule has 0 bridgehead atoms. The molecule has 1 aliphatic rings. The number of para-hydroxylation sites is 1. The van der Waals surface area contributed by atoms with Gasteiger partial charge in [-0.2, -0.15) is 10.1 Å². The number of methoxy groups -OCH3 is 1. The summed E-state index contributed by atoms with van der Waals surface area (Å²) in [6, 6.07) is 12.9. The molecule has 1 fully saturated rings. The molecule has 1 atom stereocenters. The predicted molar refractivity (Wildman–Crippen MR) is 107 cm³/mol. The summed E-state index contributed by atoms with van der Waals surface area (Å²) in [5.41, 5.74) is 2.11. The number of fused-ring (bicyclic) bond motifs is 1. The van der Waals surface area contributed by atoms with Gasteiger partial charge in [-0.15, -0.1) is 0 Å². The highest BCUT2D eigenvalue weighted by molar-refractivity contribution is 6.31. The molecule has 1 saturated heterocycles. The van der Waals surface area contributed by atoms with Gasteiger partial charge in [0.15, 0.2) is 11.5 Å². The highest BCUT2D eigenvalue weighted by Crippen LogP contribution is 2.38. The molecule has 9 heteroatoms. The average Bonchev–Trinajstić information content (AvgIpc) is 3.45. The Bertz CT molecular complexity index is 1220. The first kappa shape index (κ1) is 17.7. The van der Waals surface area contributed by atoms with Crippen molar-refractivity contribution in [3.8, 4) is 17.3 Å². The second-order valence-electron chi connectivity index (χ2n) is 6.80. The smallest absolute Gasteiger partial charge is 0.279 e. The normalized spacial score (nSPS) is 16.7. The second-order valence-corrected chi connectivity index (χ2v) is 7.23. The SMILES string of the molecule is COc1ccc(Cl)cc1N1CC(c2noc(-c3n[nH]c4ccccc34)n2)CC1=O. The Morgan fingerprint density at radius 1 is 1.28 bits per heavy atom. The number of aromatic amines is 1. The fraction of sp³-hybridized carbons (Fsp3) is 0.200. The highest BCUT2D eigenvalue weighted by atomic mass is 35.5. The number of rotatable bonds is 4. The lowest BCUT2D eigenvalue weighted by Crippen LogP contribution is -2.24. The average molecular weight is 410 g/mol. The van der Waals surface area contributed by atoms with E-state index in [1.807, 2.05) is 24.3 Å². The Hall–Kier alpha value is -3.39. The third-order valence-electron chi connectivity index (χ3n) is 5.04. The van der Waals surface area contributed by atoms with Crippen LogP contribution in [0.2, 0.25) is 5.02 Å². The highest BCUT2D eigenvalue weighted by Gasteiger charge is 2.36. The van der Waals surface area contributed by atoms with Gasteiger partial charge in [-0.05, 0) is 24.3 Å². The molecule has 0 spiro atoms. The molecule has 4 aromatic rings. The minimum absolute atomic E-state index is 0.0489. The van der Waals surface area contributed by atoms with Crippen molar-refractivity contribution in [2.75, 3.05) is 18.6 Å². The van der Waals surface area contributed by atoms with Gasteiger partial charge in [-0.25, -0.2) is 0 Å². The van der Waals surface area contributed by atoms with Crippen molar-refractivity contribution in [2.24, 2.45) is 0 Å². The summed E-state index contributed by atoms with van der Waals surface area (Å²) < 4.78 is 10.8. The topological polar surface area (TPSA) is 97.1 Å². The van der Waals surface area contributed by atoms with Crippen LogP contribution in [0.4, 0.5) is 5.69 Å². The van der Waals surface area contributed by atoms with E-state index in [9.17, 15) is 4.79 Å². The van der Waals surface area contributed by atoms with E-state index in [2.05, 4.69) is 20.3 Å². The molecule has 1 unspecified atom stereocenters. The monoisotopic (exact) mass is 409 g/mol. The van der Waals surface area contributed by atoms with Crippen molar-refractivity contribution >= 4 is 34.1 Å². The Balaban J connectivity index is 1.44. The van der Waals surface area contributed by atoms with E-state index in [0.29, 0.717) is 40.4 Å². The predicted octanol–water partition coefficient (Wildman–Crippen LogP) is 3.80. The van der Waals surface area contributed by atoms with E-state index in [-0.39, 0.29) is 18.2 Å². The van der Waals surface area contributed by atoms with Gasteiger partial charge in [0.25, 0.3) is 5.89 Å². The van der Waals surface area contributed by atoms with Crippen LogP contribution in [-0.2, 0) is 4.79 Å². The van der Waals surface area contributed by atoms with Crippen LogP contribution >= 0.6 is 11.6 Å². The van der Waals surface area contributed by atoms with E-state index in [0.717, 1.165) is 10.9 Å². The molecule has 3 heterocycles. The number of amides is 1. The number of H-pyrrole nitrogens is 1. The minimum Gasteiger partial charge on any atom is -0.495 e. The van der Waals surface area contributed by atoms with Crippen LogP contribution in [-0.4, -0.2) is 39.9 Å². The number of nitrogens with one attached hydrogen (secondary N) is 1. The first-order chi connectivity index (χ1) is 14.1. The molecule has 8 nitrogen and oxygen atoms in total. The van der Waals surface area contributed by atoms with Gasteiger partial charge in [0.2, 0.25) is 5.91 Å². The molecular weight excluding hydrogens is 394 g/mol. The molecule has 1 aliphatic heterocycles. The number of carbonyl (C=O) groups excluding carboxylic acids is 1. The maximum atomic E-state index is 12.7. The maximum absolute atomic E-state index is 12.7. The van der Waals surface area contributed by atoms with Crippen molar-refractivity contribution in [2.45, 2.75) is 12.3 Å². The molecule has 146 valence electrons. The lowest BCUT2D eigenvalue weighted by Gasteiger charge is -2.19. The number of halogens is 1. The van der Waals surface area contributed by atoms with Gasteiger partial charge in [-0.1, -0.05) is 35.0 Å². The van der Waals surface area contributed by atoms with Crippen molar-refractivity contribution in [1.29, 1.82) is 0 Å². The van der Waals surface area contributed by atoms with Gasteiger partial charge in [0.1, 0.15) is 5.75 Å². The molecule has 0 aliphatic carbocycles. The fourth-order valence-electron chi connectivity index (χ4n) is 3.61. The summed E-state index contributed by atoms with van der Waals surface area (Å²) in [7, 11) is 1.56. The number of ether oxygens (including phenoxy) is 1. The summed E-state index contributed by atoms with van der Waals surface area (Å²) in [5.74, 6) is 1.13. The van der Waals surface area contributed by atoms with Crippen molar-refractivity contribution in [1.82, 2.24) is 20.3 Å². The largest absolute Gasteiger partial charge is 0.495 e. The zero-order valence-electron chi connectivity index (χ0n) is 15.4. The van der Waals surface area contributed by atoms with E-state index < -0.39 is 0 Å². The third kappa shape index (κ3) is 3.01. The number of hydrogen-bond acceptors (Lipinski definition) is 6. The first-order valence-corrected chi connectivity index (χ1v) is 9.43. The van der Waals surface area contributed by atoms with Gasteiger partial charge < -0.3 is 14.2 Å². The second kappa shape index (κ2) is 6.89. The molecule has 0 radical (unpaired) electrons. The molecule has 5 rings (SSSR count). The molecule has 2 aromatic carbocycles. The molecule has 29 heavy (non-hydrogen) atoms. The Morgan fingerprint density at radius 3 is 3.00 bits per heavy atom. The number of benzene rings is 2.